The molecule has 0 fully saturated rings. The maximum absolute atomic E-state index is 9.93. The molecule has 4 nitrogen and oxygen atoms in total. The maximum Gasteiger partial charge on any atom is 0.132 e. The Morgan fingerprint density at radius 2 is 2.28 bits per heavy atom. The van der Waals surface area contributed by atoms with Gasteiger partial charge in [-0.2, -0.15) is 0 Å². The Bertz CT molecular complexity index is 470. The van der Waals surface area contributed by atoms with E-state index in [9.17, 15) is 5.11 Å². The molecule has 0 amide bonds. The maximum atomic E-state index is 9.93. The Morgan fingerprint density at radius 3 is 2.89 bits per heavy atom. The first-order chi connectivity index (χ1) is 8.65. The van der Waals surface area contributed by atoms with Gasteiger partial charge in [-0.3, -0.25) is 0 Å². The minimum absolute atomic E-state index is 0.0683. The highest BCUT2D eigenvalue weighted by molar-refractivity contribution is 6.30. The van der Waals surface area contributed by atoms with Crippen molar-refractivity contribution < 1.29 is 9.52 Å². The van der Waals surface area contributed by atoms with Crippen molar-refractivity contribution in [1.29, 1.82) is 0 Å². The molecular weight excluding hydrogens is 252 g/mol. The number of anilines is 1. The summed E-state index contributed by atoms with van der Waals surface area (Å²) in [6.07, 6.45) is 3.06. The smallest absolute Gasteiger partial charge is 0.132 e. The highest BCUT2D eigenvalue weighted by Gasteiger charge is 2.14. The Labute approximate surface area is 111 Å². The van der Waals surface area contributed by atoms with Crippen LogP contribution in [0.3, 0.4) is 0 Å². The van der Waals surface area contributed by atoms with Gasteiger partial charge in [-0.05, 0) is 31.2 Å². The van der Waals surface area contributed by atoms with E-state index in [1.165, 1.54) is 0 Å². The summed E-state index contributed by atoms with van der Waals surface area (Å²) >= 11 is 5.76. The molecule has 2 aromatic rings. The van der Waals surface area contributed by atoms with Crippen LogP contribution in [0.25, 0.3) is 0 Å². The van der Waals surface area contributed by atoms with E-state index in [1.807, 2.05) is 6.92 Å². The third-order valence-electron chi connectivity index (χ3n) is 2.57. The number of aliphatic hydroxyl groups excluding tert-OH is 1. The normalized spacial score (nSPS) is 14.2. The van der Waals surface area contributed by atoms with E-state index in [4.69, 9.17) is 16.0 Å². The zero-order chi connectivity index (χ0) is 13.0. The van der Waals surface area contributed by atoms with E-state index in [2.05, 4.69) is 10.3 Å². The fourth-order valence-electron chi connectivity index (χ4n) is 1.70. The zero-order valence-corrected chi connectivity index (χ0v) is 10.8. The molecule has 0 saturated carbocycles. The van der Waals surface area contributed by atoms with Crippen LogP contribution in [0.2, 0.25) is 5.02 Å². The van der Waals surface area contributed by atoms with E-state index in [0.29, 0.717) is 17.2 Å². The molecule has 2 rings (SSSR count). The van der Waals surface area contributed by atoms with Crippen LogP contribution in [0.4, 0.5) is 5.82 Å². The molecule has 2 aromatic heterocycles. The Hall–Kier alpha value is -1.52. The van der Waals surface area contributed by atoms with Crippen LogP contribution in [0, 0.1) is 0 Å². The van der Waals surface area contributed by atoms with Crippen molar-refractivity contribution >= 4 is 17.4 Å². The summed E-state index contributed by atoms with van der Waals surface area (Å²) in [6.45, 7) is 1.97. The van der Waals surface area contributed by atoms with Crippen LogP contribution in [-0.4, -0.2) is 16.1 Å². The van der Waals surface area contributed by atoms with E-state index in [-0.39, 0.29) is 6.04 Å². The fourth-order valence-corrected chi connectivity index (χ4v) is 1.82. The number of nitrogens with zero attached hydrogens (tertiary/aromatic N) is 1. The third-order valence-corrected chi connectivity index (χ3v) is 2.79. The standard InChI is InChI=1S/C13H15ClN2O2/c1-9(7-11(17)12-3-2-6-18-12)16-13-5-4-10(14)8-15-13/h2-6,8-9,11,17H,7H2,1H3,(H,15,16). The van der Waals surface area contributed by atoms with Crippen molar-refractivity contribution in [3.63, 3.8) is 0 Å². The molecule has 2 N–H and O–H groups in total. The molecule has 96 valence electrons. The molecule has 0 aromatic carbocycles. The molecule has 0 radical (unpaired) electrons. The van der Waals surface area contributed by atoms with Gasteiger partial charge in [0, 0.05) is 18.7 Å². The first-order valence-electron chi connectivity index (χ1n) is 5.74. The van der Waals surface area contributed by atoms with Gasteiger partial charge in [0.05, 0.1) is 11.3 Å². The van der Waals surface area contributed by atoms with Gasteiger partial charge in [-0.1, -0.05) is 11.6 Å². The molecule has 0 aliphatic rings. The fraction of sp³-hybridized carbons (Fsp3) is 0.308. The molecule has 0 aliphatic carbocycles. The molecule has 0 aliphatic heterocycles. The summed E-state index contributed by atoms with van der Waals surface area (Å²) in [5.41, 5.74) is 0. The lowest BCUT2D eigenvalue weighted by Crippen LogP contribution is -2.19. The Balaban J connectivity index is 1.88. The van der Waals surface area contributed by atoms with Crippen molar-refractivity contribution in [2.45, 2.75) is 25.5 Å². The Kier molecular flexibility index (Phi) is 4.23. The summed E-state index contributed by atoms with van der Waals surface area (Å²) in [7, 11) is 0. The number of halogens is 1. The molecule has 0 saturated heterocycles. The first-order valence-corrected chi connectivity index (χ1v) is 6.12. The van der Waals surface area contributed by atoms with Crippen molar-refractivity contribution in [2.24, 2.45) is 0 Å². The Morgan fingerprint density at radius 1 is 1.44 bits per heavy atom. The number of pyridine rings is 1. The van der Waals surface area contributed by atoms with Gasteiger partial charge in [0.15, 0.2) is 0 Å². The molecule has 18 heavy (non-hydrogen) atoms. The number of furan rings is 1. The van der Waals surface area contributed by atoms with Crippen LogP contribution in [-0.2, 0) is 0 Å². The van der Waals surface area contributed by atoms with Gasteiger partial charge < -0.3 is 14.8 Å². The van der Waals surface area contributed by atoms with Crippen molar-refractivity contribution in [1.82, 2.24) is 4.98 Å². The van der Waals surface area contributed by atoms with Gasteiger partial charge in [0.2, 0.25) is 0 Å². The first kappa shape index (κ1) is 12.9. The highest BCUT2D eigenvalue weighted by atomic mass is 35.5. The van der Waals surface area contributed by atoms with Gasteiger partial charge >= 0.3 is 0 Å². The second-order valence-corrected chi connectivity index (χ2v) is 4.61. The van der Waals surface area contributed by atoms with E-state index in [1.54, 1.807) is 36.7 Å². The topological polar surface area (TPSA) is 58.3 Å². The van der Waals surface area contributed by atoms with Gasteiger partial charge in [0.25, 0.3) is 0 Å². The number of hydrogen-bond donors (Lipinski definition) is 2. The summed E-state index contributed by atoms with van der Waals surface area (Å²) in [6, 6.07) is 7.17. The zero-order valence-electron chi connectivity index (χ0n) is 10.0. The van der Waals surface area contributed by atoms with Crippen LogP contribution in [0.1, 0.15) is 25.2 Å². The third kappa shape index (κ3) is 3.48. The van der Waals surface area contributed by atoms with E-state index in [0.717, 1.165) is 5.82 Å². The largest absolute Gasteiger partial charge is 0.467 e. The quantitative estimate of drug-likeness (QED) is 0.872. The summed E-state index contributed by atoms with van der Waals surface area (Å²) in [5.74, 6) is 1.31. The van der Waals surface area contributed by atoms with E-state index < -0.39 is 6.10 Å². The predicted octanol–water partition coefficient (Wildman–Crippen LogP) is 3.25. The van der Waals surface area contributed by atoms with Crippen LogP contribution in [0.15, 0.2) is 41.1 Å². The highest BCUT2D eigenvalue weighted by Crippen LogP contribution is 2.20. The van der Waals surface area contributed by atoms with Crippen molar-refractivity contribution in [3.05, 3.63) is 47.5 Å². The molecule has 0 bridgehead atoms. The summed E-state index contributed by atoms with van der Waals surface area (Å²) in [4.78, 5) is 4.14. The average molecular weight is 267 g/mol. The molecular formula is C13H15ClN2O2. The van der Waals surface area contributed by atoms with Gasteiger partial charge in [0.1, 0.15) is 17.7 Å². The predicted molar refractivity (Wildman–Crippen MR) is 70.6 cm³/mol. The van der Waals surface area contributed by atoms with Crippen molar-refractivity contribution in [3.8, 4) is 0 Å². The van der Waals surface area contributed by atoms with Gasteiger partial charge in [-0.25, -0.2) is 4.98 Å². The SMILES string of the molecule is CC(CC(O)c1ccco1)Nc1ccc(Cl)cn1. The second-order valence-electron chi connectivity index (χ2n) is 4.17. The minimum atomic E-state index is -0.616. The van der Waals surface area contributed by atoms with Gasteiger partial charge in [-0.15, -0.1) is 0 Å². The number of rotatable bonds is 5. The molecule has 0 spiro atoms. The average Bonchev–Trinajstić information content (AvgIpc) is 2.85. The molecule has 2 unspecified atom stereocenters. The van der Waals surface area contributed by atoms with Crippen LogP contribution < -0.4 is 5.32 Å². The lowest BCUT2D eigenvalue weighted by atomic mass is 10.1. The molecule has 5 heteroatoms. The summed E-state index contributed by atoms with van der Waals surface area (Å²) < 4.78 is 5.15. The number of nitrogens with one attached hydrogen (secondary N) is 1. The lowest BCUT2D eigenvalue weighted by molar-refractivity contribution is 0.136. The molecule has 2 atom stereocenters. The number of hydrogen-bond acceptors (Lipinski definition) is 4. The number of aromatic nitrogens is 1. The van der Waals surface area contributed by atoms with Crippen molar-refractivity contribution in [2.75, 3.05) is 5.32 Å². The monoisotopic (exact) mass is 266 g/mol. The minimum Gasteiger partial charge on any atom is -0.467 e. The molecule has 2 heterocycles. The summed E-state index contributed by atoms with van der Waals surface area (Å²) in [5, 5.41) is 13.7. The lowest BCUT2D eigenvalue weighted by Gasteiger charge is -2.17. The van der Waals surface area contributed by atoms with E-state index >= 15 is 0 Å². The number of aliphatic hydroxyl groups is 1. The second kappa shape index (κ2) is 5.89. The van der Waals surface area contributed by atoms with Crippen LogP contribution >= 0.6 is 11.6 Å². The van der Waals surface area contributed by atoms with Crippen LogP contribution in [0.5, 0.6) is 0 Å².